The molecule has 0 saturated heterocycles. The minimum absolute atomic E-state index is 0.0183. The van der Waals surface area contributed by atoms with Crippen LogP contribution in [0.1, 0.15) is 52.5 Å². The van der Waals surface area contributed by atoms with Crippen LogP contribution in [-0.2, 0) is 16.1 Å². The smallest absolute Gasteiger partial charge is 0.407 e. The van der Waals surface area contributed by atoms with E-state index in [1.807, 2.05) is 58.0 Å². The van der Waals surface area contributed by atoms with Gasteiger partial charge in [0.05, 0.1) is 0 Å². The number of hydrogen-bond acceptors (Lipinski definition) is 4. The molecule has 140 valence electrons. The highest BCUT2D eigenvalue weighted by molar-refractivity contribution is 5.67. The number of carbonyl (C=O) groups excluding carboxylic acids is 2. The highest BCUT2D eigenvalue weighted by Gasteiger charge is 2.15. The van der Waals surface area contributed by atoms with E-state index in [9.17, 15) is 9.59 Å². The molecule has 0 spiro atoms. The van der Waals surface area contributed by atoms with Crippen molar-refractivity contribution < 1.29 is 19.1 Å². The first-order valence-corrected chi connectivity index (χ1v) is 8.70. The first-order chi connectivity index (χ1) is 11.8. The fraction of sp³-hybridized carbons (Fsp3) is 0.579. The number of carbonyl (C=O) groups is 2. The molecular weight excluding hydrogens is 320 g/mol. The van der Waals surface area contributed by atoms with Gasteiger partial charge < -0.3 is 20.1 Å². The van der Waals surface area contributed by atoms with E-state index in [4.69, 9.17) is 9.47 Å². The first-order valence-electron chi connectivity index (χ1n) is 8.70. The normalized spacial score (nSPS) is 12.2. The molecule has 1 atom stereocenters. The van der Waals surface area contributed by atoms with Gasteiger partial charge in [-0.3, -0.25) is 0 Å². The molecule has 25 heavy (non-hydrogen) atoms. The Morgan fingerprint density at radius 3 is 2.40 bits per heavy atom. The van der Waals surface area contributed by atoms with E-state index in [0.29, 0.717) is 6.54 Å². The molecule has 1 rings (SSSR count). The number of unbranched alkanes of at least 4 members (excludes halogenated alkanes) is 1. The van der Waals surface area contributed by atoms with Crippen LogP contribution in [0.4, 0.5) is 9.59 Å². The van der Waals surface area contributed by atoms with Crippen LogP contribution in [0.3, 0.4) is 0 Å². The summed E-state index contributed by atoms with van der Waals surface area (Å²) in [5.74, 6) is 0. The van der Waals surface area contributed by atoms with E-state index in [0.717, 1.165) is 24.8 Å². The van der Waals surface area contributed by atoms with Crippen LogP contribution in [0.2, 0.25) is 0 Å². The van der Waals surface area contributed by atoms with Gasteiger partial charge in [0.1, 0.15) is 12.2 Å². The summed E-state index contributed by atoms with van der Waals surface area (Å²) in [6.45, 7) is 8.24. The third kappa shape index (κ3) is 11.0. The average Bonchev–Trinajstić information content (AvgIpc) is 2.52. The molecule has 0 saturated carbocycles. The van der Waals surface area contributed by atoms with Crippen LogP contribution in [-0.4, -0.2) is 30.4 Å². The predicted molar refractivity (Wildman–Crippen MR) is 97.3 cm³/mol. The molecule has 0 heterocycles. The summed E-state index contributed by atoms with van der Waals surface area (Å²) in [5, 5.41) is 5.53. The van der Waals surface area contributed by atoms with Gasteiger partial charge in [-0.15, -0.1) is 0 Å². The van der Waals surface area contributed by atoms with Gasteiger partial charge in [-0.05, 0) is 52.5 Å². The lowest BCUT2D eigenvalue weighted by molar-refractivity contribution is 0.0527. The molecular formula is C19H30N2O4. The Balaban J connectivity index is 2.07. The molecule has 0 radical (unpaired) electrons. The van der Waals surface area contributed by atoms with E-state index < -0.39 is 17.8 Å². The van der Waals surface area contributed by atoms with Crippen LogP contribution in [0.5, 0.6) is 0 Å². The number of nitrogens with one attached hydrogen (secondary N) is 2. The van der Waals surface area contributed by atoms with Crippen molar-refractivity contribution in [2.45, 2.75) is 65.2 Å². The molecule has 1 aromatic rings. The highest BCUT2D eigenvalue weighted by atomic mass is 16.6. The molecule has 0 bridgehead atoms. The van der Waals surface area contributed by atoms with Gasteiger partial charge in [0.2, 0.25) is 0 Å². The second-order valence-corrected chi connectivity index (χ2v) is 7.03. The van der Waals surface area contributed by atoms with Crippen molar-refractivity contribution in [1.82, 2.24) is 10.6 Å². The van der Waals surface area contributed by atoms with E-state index in [1.54, 1.807) is 0 Å². The number of hydrogen-bond donors (Lipinski definition) is 2. The lowest BCUT2D eigenvalue weighted by Crippen LogP contribution is -2.34. The maximum absolute atomic E-state index is 11.7. The average molecular weight is 350 g/mol. The van der Waals surface area contributed by atoms with Crippen molar-refractivity contribution in [2.75, 3.05) is 6.54 Å². The highest BCUT2D eigenvalue weighted by Crippen LogP contribution is 2.07. The minimum Gasteiger partial charge on any atom is -0.445 e. The fourth-order valence-corrected chi connectivity index (χ4v) is 2.12. The lowest BCUT2D eigenvalue weighted by atomic mass is 10.1. The van der Waals surface area contributed by atoms with Crippen LogP contribution < -0.4 is 10.6 Å². The number of ether oxygens (including phenoxy) is 2. The van der Waals surface area contributed by atoms with Gasteiger partial charge in [0.25, 0.3) is 0 Å². The minimum atomic E-state index is -0.484. The zero-order chi connectivity index (χ0) is 18.7. The van der Waals surface area contributed by atoms with E-state index in [-0.39, 0.29) is 12.6 Å². The molecule has 2 N–H and O–H groups in total. The third-order valence-corrected chi connectivity index (χ3v) is 3.31. The fourth-order valence-electron chi connectivity index (χ4n) is 2.12. The van der Waals surface area contributed by atoms with Gasteiger partial charge >= 0.3 is 12.2 Å². The molecule has 6 nitrogen and oxygen atoms in total. The summed E-state index contributed by atoms with van der Waals surface area (Å²) >= 11 is 0. The monoisotopic (exact) mass is 350 g/mol. The van der Waals surface area contributed by atoms with Crippen LogP contribution in [0.15, 0.2) is 30.3 Å². The van der Waals surface area contributed by atoms with Crippen molar-refractivity contribution in [3.8, 4) is 0 Å². The van der Waals surface area contributed by atoms with Crippen LogP contribution in [0, 0.1) is 0 Å². The van der Waals surface area contributed by atoms with Gasteiger partial charge in [0.15, 0.2) is 0 Å². The Bertz CT molecular complexity index is 526. The van der Waals surface area contributed by atoms with E-state index >= 15 is 0 Å². The van der Waals surface area contributed by atoms with Crippen molar-refractivity contribution in [3.05, 3.63) is 35.9 Å². The molecule has 0 aromatic heterocycles. The van der Waals surface area contributed by atoms with Crippen molar-refractivity contribution in [1.29, 1.82) is 0 Å². The van der Waals surface area contributed by atoms with Crippen molar-refractivity contribution >= 4 is 12.2 Å². The second kappa shape index (κ2) is 10.6. The SMILES string of the molecule is CC(CCCCNC(=O)OC(C)(C)C)NC(=O)OCc1ccccc1. The summed E-state index contributed by atoms with van der Waals surface area (Å²) in [6.07, 6.45) is 1.71. The Morgan fingerprint density at radius 2 is 1.76 bits per heavy atom. The van der Waals surface area contributed by atoms with Crippen LogP contribution >= 0.6 is 0 Å². The van der Waals surface area contributed by atoms with E-state index in [2.05, 4.69) is 10.6 Å². The summed E-state index contributed by atoms with van der Waals surface area (Å²) in [5.41, 5.74) is 0.473. The van der Waals surface area contributed by atoms with Crippen molar-refractivity contribution in [3.63, 3.8) is 0 Å². The standard InChI is InChI=1S/C19H30N2O4/c1-15(10-8-9-13-20-17(22)25-19(2,3)4)21-18(23)24-14-16-11-6-5-7-12-16/h5-7,11-12,15H,8-10,13-14H2,1-4H3,(H,20,22)(H,21,23). The summed E-state index contributed by atoms with van der Waals surface area (Å²) in [7, 11) is 0. The predicted octanol–water partition coefficient (Wildman–Crippen LogP) is 4.00. The molecule has 0 aliphatic heterocycles. The molecule has 6 heteroatoms. The second-order valence-electron chi connectivity index (χ2n) is 7.03. The molecule has 1 aromatic carbocycles. The Kier molecular flexibility index (Phi) is 8.81. The first kappa shape index (κ1) is 20.8. The number of benzene rings is 1. The number of rotatable bonds is 8. The maximum atomic E-state index is 11.7. The number of alkyl carbamates (subject to hydrolysis) is 2. The number of amides is 2. The van der Waals surface area contributed by atoms with Gasteiger partial charge in [-0.2, -0.15) is 0 Å². The molecule has 1 unspecified atom stereocenters. The Hall–Kier alpha value is -2.24. The molecule has 0 fully saturated rings. The van der Waals surface area contributed by atoms with Crippen LogP contribution in [0.25, 0.3) is 0 Å². The van der Waals surface area contributed by atoms with Gasteiger partial charge in [-0.1, -0.05) is 30.3 Å². The van der Waals surface area contributed by atoms with Gasteiger partial charge in [-0.25, -0.2) is 9.59 Å². The van der Waals surface area contributed by atoms with E-state index in [1.165, 1.54) is 0 Å². The quantitative estimate of drug-likeness (QED) is 0.695. The van der Waals surface area contributed by atoms with Gasteiger partial charge in [0, 0.05) is 12.6 Å². The maximum Gasteiger partial charge on any atom is 0.407 e. The molecule has 0 aliphatic rings. The summed E-state index contributed by atoms with van der Waals surface area (Å²) in [6, 6.07) is 9.58. The third-order valence-electron chi connectivity index (χ3n) is 3.31. The summed E-state index contributed by atoms with van der Waals surface area (Å²) < 4.78 is 10.3. The largest absolute Gasteiger partial charge is 0.445 e. The summed E-state index contributed by atoms with van der Waals surface area (Å²) in [4.78, 5) is 23.2. The van der Waals surface area contributed by atoms with Crippen molar-refractivity contribution in [2.24, 2.45) is 0 Å². The topological polar surface area (TPSA) is 76.7 Å². The lowest BCUT2D eigenvalue weighted by Gasteiger charge is -2.19. The zero-order valence-electron chi connectivity index (χ0n) is 15.6. The zero-order valence-corrected chi connectivity index (χ0v) is 15.6. The molecule has 0 aliphatic carbocycles. The Morgan fingerprint density at radius 1 is 1.08 bits per heavy atom. The Labute approximate surface area is 150 Å². The molecule has 2 amide bonds.